The van der Waals surface area contributed by atoms with Crippen LogP contribution in [0.25, 0.3) is 21.8 Å². The van der Waals surface area contributed by atoms with Crippen LogP contribution >= 0.6 is 11.6 Å². The van der Waals surface area contributed by atoms with Gasteiger partial charge in [0.25, 0.3) is 0 Å². The van der Waals surface area contributed by atoms with Crippen LogP contribution in [0.15, 0.2) is 60.8 Å². The van der Waals surface area contributed by atoms with E-state index in [4.69, 9.17) is 11.6 Å². The van der Waals surface area contributed by atoms with E-state index in [9.17, 15) is 0 Å². The van der Waals surface area contributed by atoms with Crippen LogP contribution in [-0.2, 0) is 6.54 Å². The van der Waals surface area contributed by atoms with Crippen LogP contribution in [0.2, 0.25) is 5.02 Å². The third-order valence-corrected chi connectivity index (χ3v) is 4.03. The van der Waals surface area contributed by atoms with Crippen LogP contribution in [0.4, 0.5) is 5.82 Å². The molecule has 0 unspecified atom stereocenters. The highest BCUT2D eigenvalue weighted by atomic mass is 35.5. The molecule has 0 aliphatic heterocycles. The molecule has 0 amide bonds. The molecule has 4 heteroatoms. The molecule has 0 spiro atoms. The van der Waals surface area contributed by atoms with E-state index < -0.39 is 0 Å². The molecule has 3 nitrogen and oxygen atoms in total. The number of fused-ring (bicyclic) bond motifs is 3. The van der Waals surface area contributed by atoms with Crippen molar-refractivity contribution in [1.29, 1.82) is 0 Å². The van der Waals surface area contributed by atoms with E-state index >= 15 is 0 Å². The van der Waals surface area contributed by atoms with Gasteiger partial charge in [0, 0.05) is 27.9 Å². The van der Waals surface area contributed by atoms with E-state index in [2.05, 4.69) is 39.6 Å². The summed E-state index contributed by atoms with van der Waals surface area (Å²) in [5.74, 6) is 0.868. The maximum absolute atomic E-state index is 5.90. The summed E-state index contributed by atoms with van der Waals surface area (Å²) in [7, 11) is 0. The van der Waals surface area contributed by atoms with Gasteiger partial charge in [0.15, 0.2) is 0 Å². The summed E-state index contributed by atoms with van der Waals surface area (Å²) in [5.41, 5.74) is 3.36. The predicted molar refractivity (Wildman–Crippen MR) is 92.4 cm³/mol. The number of anilines is 1. The number of halogens is 1. The molecule has 22 heavy (non-hydrogen) atoms. The maximum atomic E-state index is 5.90. The van der Waals surface area contributed by atoms with Crippen molar-refractivity contribution in [1.82, 2.24) is 9.97 Å². The smallest absolute Gasteiger partial charge is 0.126 e. The highest BCUT2D eigenvalue weighted by Gasteiger charge is 2.05. The molecule has 0 aliphatic carbocycles. The van der Waals surface area contributed by atoms with Crippen molar-refractivity contribution in [2.45, 2.75) is 6.54 Å². The second-order valence-electron chi connectivity index (χ2n) is 5.27. The van der Waals surface area contributed by atoms with Crippen molar-refractivity contribution < 1.29 is 0 Å². The van der Waals surface area contributed by atoms with Crippen molar-refractivity contribution in [2.75, 3.05) is 5.32 Å². The lowest BCUT2D eigenvalue weighted by atomic mass is 10.2. The average molecular weight is 308 g/mol. The van der Waals surface area contributed by atoms with Crippen LogP contribution in [0.3, 0.4) is 0 Å². The highest BCUT2D eigenvalue weighted by molar-refractivity contribution is 6.30. The molecule has 0 saturated carbocycles. The van der Waals surface area contributed by atoms with E-state index in [-0.39, 0.29) is 0 Å². The van der Waals surface area contributed by atoms with Gasteiger partial charge in [-0.1, -0.05) is 41.9 Å². The van der Waals surface area contributed by atoms with Crippen LogP contribution in [0, 0.1) is 0 Å². The SMILES string of the molecule is Clc1ccc(CNc2cc3c(cn2)[nH]c2ccccc23)cc1. The zero-order valence-electron chi connectivity index (χ0n) is 11.8. The Morgan fingerprint density at radius 1 is 0.955 bits per heavy atom. The molecule has 4 rings (SSSR count). The molecule has 0 atom stereocenters. The van der Waals surface area contributed by atoms with Crippen LogP contribution in [-0.4, -0.2) is 9.97 Å². The van der Waals surface area contributed by atoms with Crippen molar-refractivity contribution in [3.63, 3.8) is 0 Å². The van der Waals surface area contributed by atoms with Crippen LogP contribution in [0.5, 0.6) is 0 Å². The maximum Gasteiger partial charge on any atom is 0.126 e. The summed E-state index contributed by atoms with van der Waals surface area (Å²) in [4.78, 5) is 7.85. The van der Waals surface area contributed by atoms with Gasteiger partial charge in [-0.15, -0.1) is 0 Å². The largest absolute Gasteiger partial charge is 0.366 e. The van der Waals surface area contributed by atoms with Crippen molar-refractivity contribution in [3.05, 3.63) is 71.4 Å². The second-order valence-corrected chi connectivity index (χ2v) is 5.70. The number of para-hydroxylation sites is 1. The quantitative estimate of drug-likeness (QED) is 0.560. The Hall–Kier alpha value is -2.52. The molecule has 0 aliphatic rings. The second kappa shape index (κ2) is 5.35. The number of H-pyrrole nitrogens is 1. The van der Waals surface area contributed by atoms with E-state index in [0.29, 0.717) is 0 Å². The average Bonchev–Trinajstić information content (AvgIpc) is 2.92. The third kappa shape index (κ3) is 2.40. The molecule has 2 aromatic heterocycles. The van der Waals surface area contributed by atoms with E-state index in [1.807, 2.05) is 36.5 Å². The van der Waals surface area contributed by atoms with E-state index in [1.54, 1.807) is 0 Å². The van der Waals surface area contributed by atoms with Gasteiger partial charge in [-0.3, -0.25) is 0 Å². The molecule has 2 aromatic carbocycles. The normalized spacial score (nSPS) is 11.1. The first-order valence-corrected chi connectivity index (χ1v) is 7.52. The minimum Gasteiger partial charge on any atom is -0.366 e. The lowest BCUT2D eigenvalue weighted by Gasteiger charge is -2.06. The number of aromatic amines is 1. The van der Waals surface area contributed by atoms with Crippen LogP contribution < -0.4 is 5.32 Å². The molecule has 4 aromatic rings. The molecular formula is C18H14ClN3. The molecule has 0 bridgehead atoms. The van der Waals surface area contributed by atoms with Gasteiger partial charge in [-0.2, -0.15) is 0 Å². The number of hydrogen-bond acceptors (Lipinski definition) is 2. The van der Waals surface area contributed by atoms with Crippen molar-refractivity contribution >= 4 is 39.2 Å². The fourth-order valence-electron chi connectivity index (χ4n) is 2.64. The summed E-state index contributed by atoms with van der Waals surface area (Å²) in [6.45, 7) is 0.720. The summed E-state index contributed by atoms with van der Waals surface area (Å²) in [6.07, 6.45) is 1.87. The van der Waals surface area contributed by atoms with Crippen molar-refractivity contribution in [3.8, 4) is 0 Å². The fourth-order valence-corrected chi connectivity index (χ4v) is 2.77. The Balaban J connectivity index is 1.64. The Morgan fingerprint density at radius 2 is 1.77 bits per heavy atom. The monoisotopic (exact) mass is 307 g/mol. The number of aromatic nitrogens is 2. The molecular weight excluding hydrogens is 294 g/mol. The lowest BCUT2D eigenvalue weighted by Crippen LogP contribution is -2.00. The minimum absolute atomic E-state index is 0.720. The first-order chi connectivity index (χ1) is 10.8. The van der Waals surface area contributed by atoms with Gasteiger partial charge in [-0.25, -0.2) is 4.98 Å². The van der Waals surface area contributed by atoms with Gasteiger partial charge in [0.1, 0.15) is 5.82 Å². The Labute approximate surface area is 132 Å². The Kier molecular flexibility index (Phi) is 3.20. The fraction of sp³-hybridized carbons (Fsp3) is 0.0556. The number of rotatable bonds is 3. The van der Waals surface area contributed by atoms with Crippen LogP contribution in [0.1, 0.15) is 5.56 Å². The van der Waals surface area contributed by atoms with Gasteiger partial charge in [0.05, 0.1) is 11.7 Å². The Morgan fingerprint density at radius 3 is 2.64 bits per heavy atom. The molecule has 108 valence electrons. The Bertz CT molecular complexity index is 942. The molecule has 2 heterocycles. The van der Waals surface area contributed by atoms with E-state index in [1.165, 1.54) is 16.3 Å². The zero-order chi connectivity index (χ0) is 14.9. The standard InChI is InChI=1S/C18H14ClN3/c19-13-7-5-12(6-8-13)10-20-18-9-15-14-3-1-2-4-16(14)22-17(15)11-21-18/h1-9,11,22H,10H2,(H,20,21). The summed E-state index contributed by atoms with van der Waals surface area (Å²) in [6, 6.07) is 18.2. The minimum atomic E-state index is 0.720. The molecule has 0 saturated heterocycles. The van der Waals surface area contributed by atoms with E-state index in [0.717, 1.165) is 28.4 Å². The van der Waals surface area contributed by atoms with Gasteiger partial charge in [-0.05, 0) is 29.8 Å². The summed E-state index contributed by atoms with van der Waals surface area (Å²) < 4.78 is 0. The topological polar surface area (TPSA) is 40.7 Å². The van der Waals surface area contributed by atoms with Crippen molar-refractivity contribution in [2.24, 2.45) is 0 Å². The number of nitrogens with one attached hydrogen (secondary N) is 2. The number of pyridine rings is 1. The summed E-state index contributed by atoms with van der Waals surface area (Å²) >= 11 is 5.90. The lowest BCUT2D eigenvalue weighted by molar-refractivity contribution is 1.12. The summed E-state index contributed by atoms with van der Waals surface area (Å²) in [5, 5.41) is 6.51. The zero-order valence-corrected chi connectivity index (χ0v) is 12.6. The number of nitrogens with zero attached hydrogens (tertiary/aromatic N) is 1. The molecule has 0 radical (unpaired) electrons. The third-order valence-electron chi connectivity index (χ3n) is 3.78. The van der Waals surface area contributed by atoms with Gasteiger partial charge in [0.2, 0.25) is 0 Å². The number of benzene rings is 2. The van der Waals surface area contributed by atoms with Gasteiger partial charge < -0.3 is 10.3 Å². The highest BCUT2D eigenvalue weighted by Crippen LogP contribution is 2.26. The first kappa shape index (κ1) is 13.2. The predicted octanol–water partition coefficient (Wildman–Crippen LogP) is 4.98. The molecule has 0 fully saturated rings. The van der Waals surface area contributed by atoms with Gasteiger partial charge >= 0.3 is 0 Å². The number of hydrogen-bond donors (Lipinski definition) is 2. The first-order valence-electron chi connectivity index (χ1n) is 7.14. The molecule has 2 N–H and O–H groups in total.